The average molecular weight is 324 g/mol. The van der Waals surface area contributed by atoms with Crippen LogP contribution in [0.3, 0.4) is 0 Å². The Labute approximate surface area is 141 Å². The van der Waals surface area contributed by atoms with Crippen molar-refractivity contribution in [1.82, 2.24) is 0 Å². The van der Waals surface area contributed by atoms with E-state index in [1.165, 1.54) is 17.7 Å². The van der Waals surface area contributed by atoms with E-state index in [2.05, 4.69) is 11.4 Å². The molecule has 0 spiro atoms. The normalized spacial score (nSPS) is 13.8. The Morgan fingerprint density at radius 3 is 2.78 bits per heavy atom. The molecule has 3 rings (SSSR count). The fourth-order valence-electron chi connectivity index (χ4n) is 3.10. The van der Waals surface area contributed by atoms with Crippen molar-refractivity contribution in [1.29, 1.82) is 5.26 Å². The third-order valence-corrected chi connectivity index (χ3v) is 5.61. The van der Waals surface area contributed by atoms with Gasteiger partial charge in [0.05, 0.1) is 5.56 Å². The summed E-state index contributed by atoms with van der Waals surface area (Å²) >= 11 is 1.58. The molecule has 1 amide bonds. The van der Waals surface area contributed by atoms with Crippen LogP contribution in [0.25, 0.3) is 0 Å². The molecule has 23 heavy (non-hydrogen) atoms. The highest BCUT2D eigenvalue weighted by Crippen LogP contribution is 2.37. The van der Waals surface area contributed by atoms with Gasteiger partial charge in [0.1, 0.15) is 11.1 Å². The predicted octanol–water partition coefficient (Wildman–Crippen LogP) is 4.76. The van der Waals surface area contributed by atoms with E-state index in [9.17, 15) is 10.1 Å². The zero-order chi connectivity index (χ0) is 16.4. The van der Waals surface area contributed by atoms with Crippen LogP contribution in [-0.2, 0) is 12.8 Å². The molecule has 1 aliphatic rings. The van der Waals surface area contributed by atoms with E-state index < -0.39 is 0 Å². The summed E-state index contributed by atoms with van der Waals surface area (Å²) in [5.41, 5.74) is 4.52. The van der Waals surface area contributed by atoms with Crippen molar-refractivity contribution in [3.05, 3.63) is 50.9 Å². The number of hydrogen-bond donors (Lipinski definition) is 1. The monoisotopic (exact) mass is 324 g/mol. The first-order valence-electron chi connectivity index (χ1n) is 8.03. The maximum absolute atomic E-state index is 12.6. The lowest BCUT2D eigenvalue weighted by Gasteiger charge is -2.08. The third kappa shape index (κ3) is 3.16. The molecule has 0 radical (unpaired) electrons. The Morgan fingerprint density at radius 1 is 1.22 bits per heavy atom. The molecule has 1 aromatic carbocycles. The number of nitrogens with one attached hydrogen (secondary N) is 1. The number of benzene rings is 1. The second-order valence-electron chi connectivity index (χ2n) is 6.15. The number of thiophene rings is 1. The summed E-state index contributed by atoms with van der Waals surface area (Å²) in [7, 11) is 0. The van der Waals surface area contributed by atoms with Gasteiger partial charge in [-0.1, -0.05) is 24.1 Å². The van der Waals surface area contributed by atoms with Crippen LogP contribution in [0.15, 0.2) is 18.2 Å². The van der Waals surface area contributed by atoms with Gasteiger partial charge in [0.2, 0.25) is 0 Å². The highest BCUT2D eigenvalue weighted by molar-refractivity contribution is 7.16. The zero-order valence-electron chi connectivity index (χ0n) is 13.5. The Hall–Kier alpha value is -2.12. The van der Waals surface area contributed by atoms with Gasteiger partial charge < -0.3 is 5.32 Å². The number of nitriles is 1. The van der Waals surface area contributed by atoms with Crippen LogP contribution in [0.5, 0.6) is 0 Å². The number of carbonyl (C=O) groups excluding carboxylic acids is 1. The Bertz CT molecular complexity index is 798. The lowest BCUT2D eigenvalue weighted by molar-refractivity contribution is 0.102. The van der Waals surface area contributed by atoms with Crippen LogP contribution in [0.2, 0.25) is 0 Å². The Morgan fingerprint density at radius 2 is 2.00 bits per heavy atom. The van der Waals surface area contributed by atoms with Gasteiger partial charge in [0.25, 0.3) is 5.91 Å². The predicted molar refractivity (Wildman–Crippen MR) is 94.2 cm³/mol. The molecule has 3 nitrogen and oxygen atoms in total. The number of anilines is 1. The largest absolute Gasteiger partial charge is 0.312 e. The fourth-order valence-corrected chi connectivity index (χ4v) is 4.33. The number of aryl methyl sites for hydroxylation is 3. The highest BCUT2D eigenvalue weighted by atomic mass is 32.1. The molecule has 1 N–H and O–H groups in total. The quantitative estimate of drug-likeness (QED) is 0.810. The summed E-state index contributed by atoms with van der Waals surface area (Å²) in [6.07, 6.45) is 5.49. The van der Waals surface area contributed by atoms with Gasteiger partial charge in [0, 0.05) is 10.4 Å². The van der Waals surface area contributed by atoms with Gasteiger partial charge in [-0.05, 0) is 56.7 Å². The molecule has 0 fully saturated rings. The van der Waals surface area contributed by atoms with Crippen molar-refractivity contribution in [2.45, 2.75) is 46.0 Å². The van der Waals surface area contributed by atoms with Gasteiger partial charge in [-0.2, -0.15) is 5.26 Å². The van der Waals surface area contributed by atoms with Crippen LogP contribution < -0.4 is 5.32 Å². The summed E-state index contributed by atoms with van der Waals surface area (Å²) in [6, 6.07) is 8.17. The number of amides is 1. The van der Waals surface area contributed by atoms with Crippen molar-refractivity contribution in [3.8, 4) is 6.07 Å². The number of nitrogens with zero attached hydrogens (tertiary/aromatic N) is 1. The average Bonchev–Trinajstić information content (AvgIpc) is 2.69. The number of hydrogen-bond acceptors (Lipinski definition) is 3. The minimum atomic E-state index is -0.126. The van der Waals surface area contributed by atoms with Gasteiger partial charge in [-0.15, -0.1) is 11.3 Å². The van der Waals surface area contributed by atoms with Gasteiger partial charge in [-0.25, -0.2) is 0 Å². The summed E-state index contributed by atoms with van der Waals surface area (Å²) in [4.78, 5) is 13.9. The van der Waals surface area contributed by atoms with E-state index >= 15 is 0 Å². The molecule has 1 heterocycles. The summed E-state index contributed by atoms with van der Waals surface area (Å²) < 4.78 is 0. The molecule has 0 unspecified atom stereocenters. The molecule has 0 saturated carbocycles. The van der Waals surface area contributed by atoms with Crippen LogP contribution in [0.4, 0.5) is 5.00 Å². The second-order valence-corrected chi connectivity index (χ2v) is 7.26. The van der Waals surface area contributed by atoms with E-state index in [-0.39, 0.29) is 5.91 Å². The first kappa shape index (κ1) is 15.8. The van der Waals surface area contributed by atoms with Gasteiger partial charge in [0.15, 0.2) is 0 Å². The fraction of sp³-hybridized carbons (Fsp3) is 0.368. The molecule has 2 aromatic rings. The molecule has 0 atom stereocenters. The number of carbonyl (C=O) groups is 1. The summed E-state index contributed by atoms with van der Waals surface area (Å²) in [6.45, 7) is 3.91. The van der Waals surface area contributed by atoms with E-state index in [1.54, 1.807) is 11.3 Å². The third-order valence-electron chi connectivity index (χ3n) is 4.40. The van der Waals surface area contributed by atoms with E-state index in [4.69, 9.17) is 0 Å². The molecule has 0 bridgehead atoms. The molecule has 118 valence electrons. The van der Waals surface area contributed by atoms with Crippen molar-refractivity contribution in [2.24, 2.45) is 0 Å². The maximum atomic E-state index is 12.6. The molecule has 0 aliphatic heterocycles. The molecular formula is C19H20N2OS. The smallest absolute Gasteiger partial charge is 0.256 e. The molecule has 1 aliphatic carbocycles. The molecular weight excluding hydrogens is 304 g/mol. The summed E-state index contributed by atoms with van der Waals surface area (Å²) in [5, 5.41) is 13.2. The Kier molecular flexibility index (Phi) is 4.49. The minimum Gasteiger partial charge on any atom is -0.312 e. The number of fused-ring (bicyclic) bond motifs is 1. The molecule has 0 saturated heterocycles. The summed E-state index contributed by atoms with van der Waals surface area (Å²) in [5.74, 6) is -0.126. The van der Waals surface area contributed by atoms with Crippen LogP contribution in [0, 0.1) is 25.2 Å². The van der Waals surface area contributed by atoms with Gasteiger partial charge in [-0.3, -0.25) is 4.79 Å². The Balaban J connectivity index is 1.93. The first-order valence-corrected chi connectivity index (χ1v) is 8.85. The van der Waals surface area contributed by atoms with Crippen molar-refractivity contribution in [3.63, 3.8) is 0 Å². The first-order chi connectivity index (χ1) is 11.1. The van der Waals surface area contributed by atoms with Crippen molar-refractivity contribution in [2.75, 3.05) is 5.32 Å². The maximum Gasteiger partial charge on any atom is 0.256 e. The van der Waals surface area contributed by atoms with E-state index in [0.29, 0.717) is 16.1 Å². The molecule has 1 aromatic heterocycles. The second kappa shape index (κ2) is 6.55. The van der Waals surface area contributed by atoms with Crippen LogP contribution in [0.1, 0.15) is 56.8 Å². The minimum absolute atomic E-state index is 0.126. The van der Waals surface area contributed by atoms with Crippen LogP contribution in [-0.4, -0.2) is 5.91 Å². The van der Waals surface area contributed by atoms with Crippen LogP contribution >= 0.6 is 11.3 Å². The highest BCUT2D eigenvalue weighted by Gasteiger charge is 2.21. The zero-order valence-corrected chi connectivity index (χ0v) is 14.3. The lowest BCUT2D eigenvalue weighted by Crippen LogP contribution is -2.13. The lowest BCUT2D eigenvalue weighted by atomic mass is 10.0. The van der Waals surface area contributed by atoms with E-state index in [0.717, 1.165) is 36.0 Å². The standard InChI is InChI=1S/C19H20N2OS/c1-12-8-9-13(2)15(10-12)18(22)21-19-16(11-20)14-6-4-3-5-7-17(14)23-19/h8-10H,3-7H2,1-2H3,(H,21,22). The number of rotatable bonds is 2. The van der Waals surface area contributed by atoms with E-state index in [1.807, 2.05) is 32.0 Å². The SMILES string of the molecule is Cc1ccc(C)c(C(=O)Nc2sc3c(c2C#N)CCCCC3)c1. The topological polar surface area (TPSA) is 52.9 Å². The molecule has 4 heteroatoms. The van der Waals surface area contributed by atoms with Crippen molar-refractivity contribution >= 4 is 22.2 Å². The van der Waals surface area contributed by atoms with Gasteiger partial charge >= 0.3 is 0 Å². The van der Waals surface area contributed by atoms with Crippen molar-refractivity contribution < 1.29 is 4.79 Å².